The van der Waals surface area contributed by atoms with Crippen LogP contribution in [0.4, 0.5) is 26.6 Å². The number of carbonyl (C=O) groups is 1. The predicted molar refractivity (Wildman–Crippen MR) is 87.5 cm³/mol. The third-order valence-corrected chi connectivity index (χ3v) is 3.03. The number of rotatable bonds is 4. The van der Waals surface area contributed by atoms with Crippen molar-refractivity contribution in [2.75, 3.05) is 17.2 Å². The minimum Gasteiger partial charge on any atom is -0.338 e. The van der Waals surface area contributed by atoms with Crippen molar-refractivity contribution < 1.29 is 9.18 Å². The molecule has 3 rings (SSSR count). The molecule has 0 radical (unpaired) electrons. The summed E-state index contributed by atoms with van der Waals surface area (Å²) < 4.78 is 14.0. The van der Waals surface area contributed by atoms with E-state index in [9.17, 15) is 9.18 Å². The highest BCUT2D eigenvalue weighted by Gasteiger charge is 2.11. The maximum Gasteiger partial charge on any atom is 0.320 e. The lowest BCUT2D eigenvalue weighted by Gasteiger charge is -2.08. The number of hydrogen-bond donors (Lipinski definition) is 3. The molecule has 2 amide bonds. The van der Waals surface area contributed by atoms with Gasteiger partial charge >= 0.3 is 6.03 Å². The van der Waals surface area contributed by atoms with E-state index in [1.165, 1.54) is 12.3 Å². The summed E-state index contributed by atoms with van der Waals surface area (Å²) in [7, 11) is 0. The van der Waals surface area contributed by atoms with E-state index in [4.69, 9.17) is 0 Å². The van der Waals surface area contributed by atoms with Crippen LogP contribution in [-0.2, 0) is 0 Å². The fourth-order valence-electron chi connectivity index (χ4n) is 1.96. The van der Waals surface area contributed by atoms with Crippen LogP contribution in [0.25, 0.3) is 11.0 Å². The first-order valence-electron chi connectivity index (χ1n) is 7.21. The minimum atomic E-state index is -0.660. The molecule has 3 N–H and O–H groups in total. The third-order valence-electron chi connectivity index (χ3n) is 3.03. The van der Waals surface area contributed by atoms with Gasteiger partial charge in [0, 0.05) is 36.2 Å². The molecular formula is C15H14FN7O. The van der Waals surface area contributed by atoms with Crippen molar-refractivity contribution in [1.29, 1.82) is 0 Å². The summed E-state index contributed by atoms with van der Waals surface area (Å²) in [6, 6.07) is 4.20. The number of nitrogens with zero attached hydrogens (tertiary/aromatic N) is 4. The summed E-state index contributed by atoms with van der Waals surface area (Å²) in [5.74, 6) is -0.550. The molecule has 0 aromatic carbocycles. The lowest BCUT2D eigenvalue weighted by atomic mass is 10.3. The summed E-state index contributed by atoms with van der Waals surface area (Å²) in [6.07, 6.45) is 4.72. The molecule has 3 heterocycles. The summed E-state index contributed by atoms with van der Waals surface area (Å²) in [5, 5.41) is 8.27. The maximum absolute atomic E-state index is 14.0. The van der Waals surface area contributed by atoms with Gasteiger partial charge in [0.1, 0.15) is 0 Å². The molecule has 0 aliphatic rings. The zero-order chi connectivity index (χ0) is 16.9. The van der Waals surface area contributed by atoms with Gasteiger partial charge in [0.15, 0.2) is 17.3 Å². The monoisotopic (exact) mass is 327 g/mol. The Balaban J connectivity index is 1.90. The summed E-state index contributed by atoms with van der Waals surface area (Å²) >= 11 is 0. The molecule has 3 aromatic heterocycles. The van der Waals surface area contributed by atoms with Crippen molar-refractivity contribution in [3.05, 3.63) is 42.6 Å². The lowest BCUT2D eigenvalue weighted by molar-refractivity contribution is 0.252. The van der Waals surface area contributed by atoms with Crippen molar-refractivity contribution in [2.24, 2.45) is 0 Å². The largest absolute Gasteiger partial charge is 0.338 e. The summed E-state index contributed by atoms with van der Waals surface area (Å²) in [5.41, 5.74) is 1.02. The molecule has 24 heavy (non-hydrogen) atoms. The van der Waals surface area contributed by atoms with E-state index in [1.54, 1.807) is 31.5 Å². The number of carbonyl (C=O) groups excluding carboxylic acids is 1. The van der Waals surface area contributed by atoms with E-state index >= 15 is 0 Å². The minimum absolute atomic E-state index is 0.193. The van der Waals surface area contributed by atoms with E-state index in [-0.39, 0.29) is 11.5 Å². The average Bonchev–Trinajstić information content (AvgIpc) is 2.57. The first-order chi connectivity index (χ1) is 11.7. The van der Waals surface area contributed by atoms with Gasteiger partial charge in [-0.15, -0.1) is 0 Å². The topological polar surface area (TPSA) is 105 Å². The second-order valence-electron chi connectivity index (χ2n) is 4.77. The van der Waals surface area contributed by atoms with Gasteiger partial charge in [-0.25, -0.2) is 19.2 Å². The number of fused-ring (bicyclic) bond motifs is 1. The van der Waals surface area contributed by atoms with E-state index < -0.39 is 11.8 Å². The van der Waals surface area contributed by atoms with Crippen LogP contribution in [0.1, 0.15) is 6.92 Å². The van der Waals surface area contributed by atoms with Gasteiger partial charge < -0.3 is 10.6 Å². The van der Waals surface area contributed by atoms with Gasteiger partial charge in [-0.1, -0.05) is 0 Å². The summed E-state index contributed by atoms with van der Waals surface area (Å²) in [6.45, 7) is 2.18. The quantitative estimate of drug-likeness (QED) is 0.680. The van der Waals surface area contributed by atoms with Crippen LogP contribution >= 0.6 is 0 Å². The van der Waals surface area contributed by atoms with Gasteiger partial charge in [0.25, 0.3) is 0 Å². The normalized spacial score (nSPS) is 10.4. The molecule has 0 atom stereocenters. The van der Waals surface area contributed by atoms with Gasteiger partial charge in [-0.05, 0) is 25.1 Å². The number of nitrogens with one attached hydrogen (secondary N) is 3. The first kappa shape index (κ1) is 15.5. The molecular weight excluding hydrogens is 313 g/mol. The van der Waals surface area contributed by atoms with E-state index in [0.717, 1.165) is 5.69 Å². The van der Waals surface area contributed by atoms with Crippen LogP contribution in [0.2, 0.25) is 0 Å². The highest BCUT2D eigenvalue weighted by Crippen LogP contribution is 2.19. The molecule has 0 bridgehead atoms. The molecule has 8 nitrogen and oxygen atoms in total. The second kappa shape index (κ2) is 6.82. The Morgan fingerprint density at radius 1 is 1.25 bits per heavy atom. The number of aromatic nitrogens is 4. The molecule has 0 aliphatic heterocycles. The first-order valence-corrected chi connectivity index (χ1v) is 7.21. The van der Waals surface area contributed by atoms with E-state index in [2.05, 4.69) is 35.9 Å². The Hall–Kier alpha value is -3.36. The zero-order valence-electron chi connectivity index (χ0n) is 12.7. The molecule has 0 saturated heterocycles. The van der Waals surface area contributed by atoms with Crippen LogP contribution in [0.5, 0.6) is 0 Å². The number of pyridine rings is 2. The standard InChI is InChI=1S/C15H14FN7O/c1-2-18-15(24)23-13-11(16)7-9-8-19-14(22-12(9)21-13)20-10-3-5-17-6-4-10/h3-8H,2H2,1H3,(H3,17,18,19,20,21,22,23,24). The molecule has 0 aliphatic carbocycles. The SMILES string of the molecule is CCNC(=O)Nc1nc2nc(Nc3ccncc3)ncc2cc1F. The smallest absolute Gasteiger partial charge is 0.320 e. The van der Waals surface area contributed by atoms with Crippen LogP contribution in [0, 0.1) is 5.82 Å². The molecule has 0 saturated carbocycles. The van der Waals surface area contributed by atoms with Crippen molar-refractivity contribution in [2.45, 2.75) is 6.92 Å². The van der Waals surface area contributed by atoms with Crippen molar-refractivity contribution in [3.63, 3.8) is 0 Å². The lowest BCUT2D eigenvalue weighted by Crippen LogP contribution is -2.29. The highest BCUT2D eigenvalue weighted by atomic mass is 19.1. The van der Waals surface area contributed by atoms with E-state index in [1.807, 2.05) is 0 Å². The van der Waals surface area contributed by atoms with Crippen molar-refractivity contribution in [3.8, 4) is 0 Å². The average molecular weight is 327 g/mol. The van der Waals surface area contributed by atoms with Crippen LogP contribution in [-0.4, -0.2) is 32.5 Å². The third kappa shape index (κ3) is 3.51. The Bertz CT molecular complexity index is 872. The van der Waals surface area contributed by atoms with Gasteiger partial charge in [0.2, 0.25) is 5.95 Å². The fourth-order valence-corrected chi connectivity index (χ4v) is 1.96. The molecule has 3 aromatic rings. The molecule has 0 unspecified atom stereocenters. The predicted octanol–water partition coefficient (Wildman–Crippen LogP) is 2.44. The second-order valence-corrected chi connectivity index (χ2v) is 4.77. The molecule has 0 fully saturated rings. The van der Waals surface area contributed by atoms with Crippen LogP contribution < -0.4 is 16.0 Å². The number of anilines is 3. The van der Waals surface area contributed by atoms with Crippen molar-refractivity contribution >= 4 is 34.5 Å². The number of urea groups is 1. The Kier molecular flexibility index (Phi) is 4.41. The highest BCUT2D eigenvalue weighted by molar-refractivity contribution is 5.89. The molecule has 9 heteroatoms. The van der Waals surface area contributed by atoms with E-state index in [0.29, 0.717) is 17.9 Å². The Morgan fingerprint density at radius 2 is 2.04 bits per heavy atom. The van der Waals surface area contributed by atoms with Crippen molar-refractivity contribution in [1.82, 2.24) is 25.3 Å². The zero-order valence-corrected chi connectivity index (χ0v) is 12.7. The Morgan fingerprint density at radius 3 is 2.79 bits per heavy atom. The van der Waals surface area contributed by atoms with Crippen LogP contribution in [0.3, 0.4) is 0 Å². The van der Waals surface area contributed by atoms with Gasteiger partial charge in [-0.2, -0.15) is 4.98 Å². The van der Waals surface area contributed by atoms with Gasteiger partial charge in [0.05, 0.1) is 0 Å². The van der Waals surface area contributed by atoms with Gasteiger partial charge in [-0.3, -0.25) is 10.3 Å². The molecule has 122 valence electrons. The number of hydrogen-bond acceptors (Lipinski definition) is 6. The summed E-state index contributed by atoms with van der Waals surface area (Å²) in [4.78, 5) is 27.8. The van der Waals surface area contributed by atoms with Crippen LogP contribution in [0.15, 0.2) is 36.8 Å². The fraction of sp³-hybridized carbons (Fsp3) is 0.133. The Labute approximate surface area is 136 Å². The maximum atomic E-state index is 14.0. The number of halogens is 1. The number of amides is 2. The molecule has 0 spiro atoms.